The lowest BCUT2D eigenvalue weighted by Gasteiger charge is -2.54. The van der Waals surface area contributed by atoms with Crippen LogP contribution in [0.5, 0.6) is 0 Å². The van der Waals surface area contributed by atoms with Crippen LogP contribution in [0.15, 0.2) is 164 Å². The second kappa shape index (κ2) is 11.3. The van der Waals surface area contributed by atoms with Gasteiger partial charge >= 0.3 is 0 Å². The zero-order valence-electron chi connectivity index (χ0n) is 32.9. The smallest absolute Gasteiger partial charge is 0.0467 e. The van der Waals surface area contributed by atoms with E-state index in [2.05, 4.69) is 183 Å². The Morgan fingerprint density at radius 2 is 1.02 bits per heavy atom. The Labute approximate surface area is 337 Å². The molecular formula is C56H47N. The molecule has 0 N–H and O–H groups in total. The van der Waals surface area contributed by atoms with Gasteiger partial charge in [0.15, 0.2) is 0 Å². The van der Waals surface area contributed by atoms with Crippen LogP contribution < -0.4 is 4.90 Å². The predicted octanol–water partition coefficient (Wildman–Crippen LogP) is 14.5. The minimum atomic E-state index is -0.0780. The quantitative estimate of drug-likeness (QED) is 0.170. The molecule has 7 aromatic carbocycles. The first-order chi connectivity index (χ1) is 27.9. The van der Waals surface area contributed by atoms with Crippen LogP contribution >= 0.6 is 0 Å². The zero-order valence-corrected chi connectivity index (χ0v) is 32.9. The van der Waals surface area contributed by atoms with Crippen molar-refractivity contribution in [1.82, 2.24) is 0 Å². The van der Waals surface area contributed by atoms with E-state index in [0.29, 0.717) is 5.41 Å². The number of fused-ring (bicyclic) bond motifs is 12. The van der Waals surface area contributed by atoms with Gasteiger partial charge in [-0.05, 0) is 170 Å². The molecule has 0 aliphatic heterocycles. The van der Waals surface area contributed by atoms with Crippen molar-refractivity contribution in [2.75, 3.05) is 4.90 Å². The van der Waals surface area contributed by atoms with Gasteiger partial charge in [0.05, 0.1) is 0 Å². The number of nitrogens with zero attached hydrogens (tertiary/aromatic N) is 1. The monoisotopic (exact) mass is 733 g/mol. The van der Waals surface area contributed by atoms with E-state index in [1.165, 1.54) is 99.1 Å². The van der Waals surface area contributed by atoms with Gasteiger partial charge in [0.1, 0.15) is 0 Å². The molecule has 6 aliphatic carbocycles. The molecule has 0 aromatic heterocycles. The largest absolute Gasteiger partial charge is 0.310 e. The van der Waals surface area contributed by atoms with E-state index in [1.807, 2.05) is 0 Å². The van der Waals surface area contributed by atoms with Crippen molar-refractivity contribution in [3.05, 3.63) is 186 Å². The normalized spacial score (nSPS) is 27.1. The van der Waals surface area contributed by atoms with Gasteiger partial charge in [0.25, 0.3) is 0 Å². The summed E-state index contributed by atoms with van der Waals surface area (Å²) in [4.78, 5) is 2.46. The first-order valence-corrected chi connectivity index (χ1v) is 21.5. The molecule has 2 spiro atoms. The fraction of sp³-hybridized carbons (Fsp3) is 0.250. The third-order valence-electron chi connectivity index (χ3n) is 16.4. The van der Waals surface area contributed by atoms with Crippen LogP contribution in [0.25, 0.3) is 44.5 Å². The minimum absolute atomic E-state index is 0.0780. The SMILES string of the molecule is CC1(C)c2ccccc2-c2ccc(N(c3ccc(-c4ccc5c(c4)C4(c6ccccc6-5)C5CC6CC7CC4C7(C6)C5)cc3)c3cccc(-c4ccccc4)c3)cc21. The number of hydrogen-bond acceptors (Lipinski definition) is 1. The molecule has 1 nitrogen and oxygen atoms in total. The predicted molar refractivity (Wildman–Crippen MR) is 235 cm³/mol. The summed E-state index contributed by atoms with van der Waals surface area (Å²) in [6.07, 6.45) is 7.33. The molecule has 4 saturated carbocycles. The van der Waals surface area contributed by atoms with E-state index >= 15 is 0 Å². The topological polar surface area (TPSA) is 3.24 Å². The van der Waals surface area contributed by atoms with Crippen LogP contribution in [-0.2, 0) is 10.8 Å². The highest BCUT2D eigenvalue weighted by Crippen LogP contribution is 2.83. The Morgan fingerprint density at radius 3 is 1.86 bits per heavy atom. The summed E-state index contributed by atoms with van der Waals surface area (Å²) in [5.41, 5.74) is 21.1. The number of anilines is 3. The van der Waals surface area contributed by atoms with Crippen molar-refractivity contribution in [2.45, 2.75) is 56.8 Å². The molecule has 0 amide bonds. The summed E-state index contributed by atoms with van der Waals surface area (Å²) in [5.74, 6) is 3.51. The van der Waals surface area contributed by atoms with E-state index in [9.17, 15) is 0 Å². The number of rotatable bonds is 5. The standard InChI is InChI=1S/C56H47N/c1-54(2)49-17-8-6-15-45(49)47-26-24-44(32-51(47)54)57(43-14-10-13-38(29-43)36-11-4-3-5-12-36)42-22-19-37(20-23-42)39-21-25-48-46-16-7-9-18-50(46)56(52(48)30-39)41-28-35-27-40-31-53(56)55(40,33-35)34-41/h3-26,29-30,32,35,40-41,53H,27-28,31,33-34H2,1-2H3. The third kappa shape index (κ3) is 4.15. The zero-order chi connectivity index (χ0) is 37.7. The van der Waals surface area contributed by atoms with E-state index in [0.717, 1.165) is 29.4 Å². The number of hydrogen-bond donors (Lipinski definition) is 0. The van der Waals surface area contributed by atoms with E-state index in [4.69, 9.17) is 0 Å². The van der Waals surface area contributed by atoms with Gasteiger partial charge in [-0.2, -0.15) is 0 Å². The number of benzene rings is 7. The maximum Gasteiger partial charge on any atom is 0.0467 e. The molecule has 0 saturated heterocycles. The average molecular weight is 734 g/mol. The van der Waals surface area contributed by atoms with E-state index in [-0.39, 0.29) is 10.8 Å². The minimum Gasteiger partial charge on any atom is -0.310 e. The highest BCUT2D eigenvalue weighted by Gasteiger charge is 2.76. The van der Waals surface area contributed by atoms with Crippen LogP contribution in [0.3, 0.4) is 0 Å². The van der Waals surface area contributed by atoms with Gasteiger partial charge in [0.2, 0.25) is 0 Å². The summed E-state index contributed by atoms with van der Waals surface area (Å²) in [5, 5.41) is 0. The Bertz CT molecular complexity index is 2790. The van der Waals surface area contributed by atoms with E-state index < -0.39 is 0 Å². The molecule has 6 aliphatic rings. The summed E-state index contributed by atoms with van der Waals surface area (Å²) in [7, 11) is 0. The molecule has 0 heterocycles. The summed E-state index contributed by atoms with van der Waals surface area (Å²) in [6, 6.07) is 62.4. The van der Waals surface area contributed by atoms with Crippen molar-refractivity contribution in [2.24, 2.45) is 29.1 Å². The van der Waals surface area contributed by atoms with Gasteiger partial charge in [0, 0.05) is 27.9 Å². The van der Waals surface area contributed by atoms with Gasteiger partial charge in [-0.1, -0.05) is 135 Å². The molecule has 7 aromatic rings. The van der Waals surface area contributed by atoms with Gasteiger partial charge < -0.3 is 4.90 Å². The Morgan fingerprint density at radius 1 is 0.421 bits per heavy atom. The fourth-order valence-corrected chi connectivity index (χ4v) is 14.2. The molecule has 13 rings (SSSR count). The van der Waals surface area contributed by atoms with Crippen molar-refractivity contribution in [3.63, 3.8) is 0 Å². The molecule has 0 radical (unpaired) electrons. The molecule has 3 bridgehead atoms. The molecule has 6 atom stereocenters. The lowest BCUT2D eigenvalue weighted by Crippen LogP contribution is -2.50. The lowest BCUT2D eigenvalue weighted by atomic mass is 9.49. The second-order valence-corrected chi connectivity index (χ2v) is 19.0. The third-order valence-corrected chi connectivity index (χ3v) is 16.4. The van der Waals surface area contributed by atoms with Crippen molar-refractivity contribution < 1.29 is 0 Å². The highest BCUT2D eigenvalue weighted by molar-refractivity contribution is 5.88. The molecule has 57 heavy (non-hydrogen) atoms. The van der Waals surface area contributed by atoms with E-state index in [1.54, 1.807) is 11.1 Å². The van der Waals surface area contributed by atoms with Crippen LogP contribution in [0.4, 0.5) is 17.1 Å². The first kappa shape index (κ1) is 32.4. The average Bonchev–Trinajstić information content (AvgIpc) is 3.80. The van der Waals surface area contributed by atoms with Gasteiger partial charge in [-0.3, -0.25) is 0 Å². The molecule has 276 valence electrons. The van der Waals surface area contributed by atoms with Gasteiger partial charge in [-0.15, -0.1) is 0 Å². The summed E-state index contributed by atoms with van der Waals surface area (Å²) < 4.78 is 0. The maximum absolute atomic E-state index is 2.64. The molecule has 6 unspecified atom stereocenters. The first-order valence-electron chi connectivity index (χ1n) is 21.5. The summed E-state index contributed by atoms with van der Waals surface area (Å²) in [6.45, 7) is 4.75. The van der Waals surface area contributed by atoms with Crippen molar-refractivity contribution in [1.29, 1.82) is 0 Å². The van der Waals surface area contributed by atoms with Crippen molar-refractivity contribution in [3.8, 4) is 44.5 Å². The summed E-state index contributed by atoms with van der Waals surface area (Å²) >= 11 is 0. The van der Waals surface area contributed by atoms with Gasteiger partial charge in [-0.25, -0.2) is 0 Å². The van der Waals surface area contributed by atoms with Crippen LogP contribution in [0, 0.1) is 29.1 Å². The fourth-order valence-electron chi connectivity index (χ4n) is 14.2. The Balaban J connectivity index is 0.924. The lowest BCUT2D eigenvalue weighted by molar-refractivity contribution is -0.0193. The maximum atomic E-state index is 2.64. The molecule has 4 fully saturated rings. The van der Waals surface area contributed by atoms with Crippen LogP contribution in [0.2, 0.25) is 0 Å². The van der Waals surface area contributed by atoms with Crippen LogP contribution in [-0.4, -0.2) is 0 Å². The molecular weight excluding hydrogens is 687 g/mol. The molecule has 1 heteroatoms. The van der Waals surface area contributed by atoms with Crippen LogP contribution in [0.1, 0.15) is 68.2 Å². The Kier molecular flexibility index (Phi) is 6.40. The van der Waals surface area contributed by atoms with Crippen molar-refractivity contribution >= 4 is 17.1 Å². The Hall–Kier alpha value is -5.66. The second-order valence-electron chi connectivity index (χ2n) is 19.0. The highest BCUT2D eigenvalue weighted by atomic mass is 15.1.